The number of nitrogens with zero attached hydrogens (tertiary/aromatic N) is 4. The number of aryl methyl sites for hydroxylation is 1. The molecule has 1 aromatic rings. The Hall–Kier alpha value is -1.85. The van der Waals surface area contributed by atoms with Gasteiger partial charge >= 0.3 is 0 Å². The molecule has 2 aliphatic heterocycles. The largest absolute Gasteiger partial charge is 0.368 e. The van der Waals surface area contributed by atoms with Crippen LogP contribution in [0.2, 0.25) is 0 Å². The third-order valence-electron chi connectivity index (χ3n) is 3.76. The van der Waals surface area contributed by atoms with Crippen LogP contribution in [0.25, 0.3) is 0 Å². The molecule has 0 radical (unpaired) electrons. The molecule has 3 rings (SSSR count). The number of hydrogen-bond donors (Lipinski definition) is 1. The van der Waals surface area contributed by atoms with Gasteiger partial charge in [-0.2, -0.15) is 4.98 Å². The highest BCUT2D eigenvalue weighted by molar-refractivity contribution is 5.79. The summed E-state index contributed by atoms with van der Waals surface area (Å²) in [6.45, 7) is 4.44. The Morgan fingerprint density at radius 3 is 3.11 bits per heavy atom. The van der Waals surface area contributed by atoms with Crippen molar-refractivity contribution >= 4 is 17.7 Å². The van der Waals surface area contributed by atoms with Crippen molar-refractivity contribution < 1.29 is 4.79 Å². The standard InChI is InChI=1S/C12H17N5O/c1-8-6-14-12(13)15-11(8)16-4-5-17-9(7-16)2-3-10(17)18/h6,9H,2-5,7H2,1H3,(H2,13,14,15). The molecule has 0 spiro atoms. The van der Waals surface area contributed by atoms with Crippen molar-refractivity contribution in [2.45, 2.75) is 25.8 Å². The maximum absolute atomic E-state index is 11.6. The second-order valence-electron chi connectivity index (χ2n) is 4.96. The molecule has 0 bridgehead atoms. The first-order chi connectivity index (χ1) is 8.65. The van der Waals surface area contributed by atoms with Gasteiger partial charge in [0.1, 0.15) is 5.82 Å². The van der Waals surface area contributed by atoms with Crippen molar-refractivity contribution in [1.82, 2.24) is 14.9 Å². The van der Waals surface area contributed by atoms with Crippen LogP contribution in [0.4, 0.5) is 11.8 Å². The van der Waals surface area contributed by atoms with Gasteiger partial charge in [-0.05, 0) is 13.3 Å². The van der Waals surface area contributed by atoms with Crippen molar-refractivity contribution in [1.29, 1.82) is 0 Å². The molecular weight excluding hydrogens is 230 g/mol. The number of amides is 1. The van der Waals surface area contributed by atoms with Gasteiger partial charge in [-0.15, -0.1) is 0 Å². The first-order valence-electron chi connectivity index (χ1n) is 6.28. The lowest BCUT2D eigenvalue weighted by Crippen LogP contribution is -2.52. The third kappa shape index (κ3) is 1.77. The fraction of sp³-hybridized carbons (Fsp3) is 0.583. The first-order valence-corrected chi connectivity index (χ1v) is 6.28. The van der Waals surface area contributed by atoms with E-state index in [1.165, 1.54) is 0 Å². The SMILES string of the molecule is Cc1cnc(N)nc1N1CCN2C(=O)CCC2C1. The number of anilines is 2. The van der Waals surface area contributed by atoms with Crippen molar-refractivity contribution in [2.24, 2.45) is 0 Å². The van der Waals surface area contributed by atoms with E-state index in [1.807, 2.05) is 11.8 Å². The normalized spacial score (nSPS) is 23.4. The first kappa shape index (κ1) is 11.3. The molecule has 2 fully saturated rings. The second-order valence-corrected chi connectivity index (χ2v) is 4.96. The van der Waals surface area contributed by atoms with Crippen LogP contribution in [0.15, 0.2) is 6.20 Å². The lowest BCUT2D eigenvalue weighted by Gasteiger charge is -2.38. The Bertz CT molecular complexity index is 489. The molecule has 6 nitrogen and oxygen atoms in total. The summed E-state index contributed by atoms with van der Waals surface area (Å²) in [5.74, 6) is 1.50. The topological polar surface area (TPSA) is 75.3 Å². The van der Waals surface area contributed by atoms with Gasteiger partial charge in [-0.25, -0.2) is 4.98 Å². The number of carbonyl (C=O) groups excluding carboxylic acids is 1. The fourth-order valence-corrected chi connectivity index (χ4v) is 2.82. The van der Waals surface area contributed by atoms with Crippen molar-refractivity contribution in [3.05, 3.63) is 11.8 Å². The fourth-order valence-electron chi connectivity index (χ4n) is 2.82. The van der Waals surface area contributed by atoms with Gasteiger partial charge in [0, 0.05) is 43.9 Å². The van der Waals surface area contributed by atoms with E-state index in [2.05, 4.69) is 14.9 Å². The lowest BCUT2D eigenvalue weighted by atomic mass is 10.1. The van der Waals surface area contributed by atoms with E-state index in [0.29, 0.717) is 24.3 Å². The van der Waals surface area contributed by atoms with Crippen molar-refractivity contribution in [2.75, 3.05) is 30.3 Å². The molecule has 96 valence electrons. The van der Waals surface area contributed by atoms with E-state index in [-0.39, 0.29) is 0 Å². The summed E-state index contributed by atoms with van der Waals surface area (Å²) in [4.78, 5) is 24.2. The molecule has 2 saturated heterocycles. The van der Waals surface area contributed by atoms with Gasteiger partial charge in [0.05, 0.1) is 0 Å². The predicted octanol–water partition coefficient (Wildman–Crippen LogP) is 0.178. The Kier molecular flexibility index (Phi) is 2.57. The highest BCUT2D eigenvalue weighted by atomic mass is 16.2. The molecule has 1 unspecified atom stereocenters. The van der Waals surface area contributed by atoms with Crippen LogP contribution in [0.1, 0.15) is 18.4 Å². The van der Waals surface area contributed by atoms with Gasteiger partial charge in [-0.3, -0.25) is 4.79 Å². The summed E-state index contributed by atoms with van der Waals surface area (Å²) < 4.78 is 0. The predicted molar refractivity (Wildman–Crippen MR) is 68.1 cm³/mol. The number of fused-ring (bicyclic) bond motifs is 1. The van der Waals surface area contributed by atoms with Gasteiger partial charge in [0.25, 0.3) is 0 Å². The number of carbonyl (C=O) groups is 1. The molecule has 1 atom stereocenters. The number of hydrogen-bond acceptors (Lipinski definition) is 5. The summed E-state index contributed by atoms with van der Waals surface area (Å²) in [5.41, 5.74) is 6.68. The minimum atomic E-state index is 0.290. The van der Waals surface area contributed by atoms with Crippen molar-refractivity contribution in [3.63, 3.8) is 0 Å². The molecule has 1 aromatic heterocycles. The van der Waals surface area contributed by atoms with Crippen LogP contribution in [0, 0.1) is 6.92 Å². The zero-order valence-corrected chi connectivity index (χ0v) is 10.5. The van der Waals surface area contributed by atoms with Gasteiger partial charge < -0.3 is 15.5 Å². The molecule has 1 amide bonds. The summed E-state index contributed by atoms with van der Waals surface area (Å²) in [7, 11) is 0. The summed E-state index contributed by atoms with van der Waals surface area (Å²) in [6, 6.07) is 0.335. The molecule has 0 aliphatic carbocycles. The number of nitrogen functional groups attached to an aromatic ring is 1. The highest BCUT2D eigenvalue weighted by Crippen LogP contribution is 2.26. The Morgan fingerprint density at radius 1 is 1.44 bits per heavy atom. The summed E-state index contributed by atoms with van der Waals surface area (Å²) >= 11 is 0. The number of nitrogens with two attached hydrogens (primary N) is 1. The maximum atomic E-state index is 11.6. The van der Waals surface area contributed by atoms with Crippen LogP contribution in [-0.4, -0.2) is 46.5 Å². The van der Waals surface area contributed by atoms with Gasteiger partial charge in [0.2, 0.25) is 11.9 Å². The molecule has 6 heteroatoms. The highest BCUT2D eigenvalue weighted by Gasteiger charge is 2.36. The molecular formula is C12H17N5O. The lowest BCUT2D eigenvalue weighted by molar-refractivity contribution is -0.129. The Morgan fingerprint density at radius 2 is 2.28 bits per heavy atom. The van der Waals surface area contributed by atoms with E-state index < -0.39 is 0 Å². The second kappa shape index (κ2) is 4.12. The quantitative estimate of drug-likeness (QED) is 0.766. The van der Waals surface area contributed by atoms with E-state index >= 15 is 0 Å². The average Bonchev–Trinajstić information content (AvgIpc) is 2.74. The third-order valence-corrected chi connectivity index (χ3v) is 3.76. The van der Waals surface area contributed by atoms with E-state index in [0.717, 1.165) is 37.4 Å². The number of aromatic nitrogens is 2. The van der Waals surface area contributed by atoms with E-state index in [1.54, 1.807) is 6.20 Å². The zero-order chi connectivity index (χ0) is 12.7. The molecule has 2 N–H and O–H groups in total. The minimum Gasteiger partial charge on any atom is -0.368 e. The number of rotatable bonds is 1. The Labute approximate surface area is 106 Å². The van der Waals surface area contributed by atoms with Crippen LogP contribution in [-0.2, 0) is 4.79 Å². The number of piperazine rings is 1. The Balaban J connectivity index is 1.82. The smallest absolute Gasteiger partial charge is 0.223 e. The van der Waals surface area contributed by atoms with Crippen LogP contribution in [0.3, 0.4) is 0 Å². The minimum absolute atomic E-state index is 0.290. The van der Waals surface area contributed by atoms with Crippen molar-refractivity contribution in [3.8, 4) is 0 Å². The average molecular weight is 247 g/mol. The zero-order valence-electron chi connectivity index (χ0n) is 10.5. The molecule has 0 aromatic carbocycles. The van der Waals surface area contributed by atoms with Crippen LogP contribution < -0.4 is 10.6 Å². The van der Waals surface area contributed by atoms with E-state index in [4.69, 9.17) is 5.73 Å². The molecule has 18 heavy (non-hydrogen) atoms. The van der Waals surface area contributed by atoms with Crippen LogP contribution in [0.5, 0.6) is 0 Å². The summed E-state index contributed by atoms with van der Waals surface area (Å²) in [6.07, 6.45) is 3.39. The monoisotopic (exact) mass is 247 g/mol. The molecule has 3 heterocycles. The molecule has 0 saturated carbocycles. The molecule has 2 aliphatic rings. The summed E-state index contributed by atoms with van der Waals surface area (Å²) in [5, 5.41) is 0. The maximum Gasteiger partial charge on any atom is 0.223 e. The van der Waals surface area contributed by atoms with Gasteiger partial charge in [-0.1, -0.05) is 0 Å². The van der Waals surface area contributed by atoms with Crippen LogP contribution >= 0.6 is 0 Å². The van der Waals surface area contributed by atoms with E-state index in [9.17, 15) is 4.79 Å². The van der Waals surface area contributed by atoms with Gasteiger partial charge in [0.15, 0.2) is 0 Å².